The molecule has 1 N–H and O–H groups in total. The molecule has 18 heavy (non-hydrogen) atoms. The minimum atomic E-state index is -3.48. The molecule has 96 valence electrons. The van der Waals surface area contributed by atoms with Crippen molar-refractivity contribution < 1.29 is 8.42 Å². The Labute approximate surface area is 119 Å². The molecule has 0 amide bonds. The molecule has 0 radical (unpaired) electrons. The van der Waals surface area contributed by atoms with Gasteiger partial charge in [-0.15, -0.1) is 11.3 Å². The fourth-order valence-electron chi connectivity index (χ4n) is 1.53. The van der Waals surface area contributed by atoms with Crippen LogP contribution in [-0.4, -0.2) is 8.42 Å². The molecule has 1 unspecified atom stereocenters. The van der Waals surface area contributed by atoms with Crippen molar-refractivity contribution in [3.63, 3.8) is 0 Å². The third-order valence-corrected chi connectivity index (χ3v) is 5.49. The van der Waals surface area contributed by atoms with Crippen molar-refractivity contribution in [2.24, 2.45) is 0 Å². The van der Waals surface area contributed by atoms with E-state index >= 15 is 0 Å². The Morgan fingerprint density at radius 3 is 2.67 bits per heavy atom. The van der Waals surface area contributed by atoms with Crippen LogP contribution in [0, 0.1) is 0 Å². The van der Waals surface area contributed by atoms with Crippen LogP contribution in [0.5, 0.6) is 0 Å². The molecule has 2 rings (SSSR count). The number of thiophene rings is 1. The van der Waals surface area contributed by atoms with Crippen LogP contribution in [0.4, 0.5) is 0 Å². The number of sulfonamides is 1. The van der Waals surface area contributed by atoms with Gasteiger partial charge in [-0.3, -0.25) is 0 Å². The van der Waals surface area contributed by atoms with Crippen LogP contribution < -0.4 is 4.72 Å². The number of hydrogen-bond acceptors (Lipinski definition) is 3. The fraction of sp³-hybridized carbons (Fsp3) is 0.167. The molecule has 6 heteroatoms. The normalized spacial score (nSPS) is 13.4. The van der Waals surface area contributed by atoms with E-state index in [2.05, 4.69) is 20.7 Å². The molecule has 0 aliphatic heterocycles. The quantitative estimate of drug-likeness (QED) is 0.920. The molecule has 3 nitrogen and oxygen atoms in total. The van der Waals surface area contributed by atoms with Crippen LogP contribution in [0.15, 0.2) is 51.1 Å². The molecule has 0 saturated heterocycles. The van der Waals surface area contributed by atoms with Crippen molar-refractivity contribution in [3.05, 3.63) is 51.1 Å². The maximum Gasteiger partial charge on any atom is 0.241 e. The van der Waals surface area contributed by atoms with Gasteiger partial charge in [-0.1, -0.05) is 28.1 Å². The molecular formula is C12H12BrNO2S2. The molecule has 1 aromatic heterocycles. The third kappa shape index (κ3) is 3.20. The largest absolute Gasteiger partial charge is 0.241 e. The highest BCUT2D eigenvalue weighted by Gasteiger charge is 2.18. The number of halogens is 1. The number of benzene rings is 1. The molecule has 0 aliphatic rings. The predicted molar refractivity (Wildman–Crippen MR) is 77.2 cm³/mol. The van der Waals surface area contributed by atoms with Gasteiger partial charge in [0.2, 0.25) is 10.0 Å². The second-order valence-corrected chi connectivity index (χ2v) is 7.42. The summed E-state index contributed by atoms with van der Waals surface area (Å²) in [6, 6.07) is 10.3. The zero-order chi connectivity index (χ0) is 13.2. The molecular weight excluding hydrogens is 334 g/mol. The zero-order valence-electron chi connectivity index (χ0n) is 9.63. The molecule has 0 saturated carbocycles. The molecule has 2 aromatic rings. The molecule has 1 heterocycles. The average molecular weight is 346 g/mol. The second-order valence-electron chi connectivity index (χ2n) is 3.82. The first-order valence-corrected chi connectivity index (χ1v) is 8.46. The standard InChI is InChI=1S/C12H12BrNO2S2/c1-9(12-6-3-7-17-12)14-18(15,16)11-5-2-4-10(13)8-11/h2-9,14H,1H3. The Hall–Kier alpha value is -0.690. The third-order valence-electron chi connectivity index (χ3n) is 2.41. The minimum absolute atomic E-state index is 0.228. The summed E-state index contributed by atoms with van der Waals surface area (Å²) >= 11 is 4.80. The van der Waals surface area contributed by atoms with Crippen LogP contribution in [0.1, 0.15) is 17.8 Å². The van der Waals surface area contributed by atoms with Crippen LogP contribution in [0.25, 0.3) is 0 Å². The zero-order valence-corrected chi connectivity index (χ0v) is 12.8. The van der Waals surface area contributed by atoms with Gasteiger partial charge in [0.15, 0.2) is 0 Å². The van der Waals surface area contributed by atoms with E-state index in [1.807, 2.05) is 24.4 Å². The monoisotopic (exact) mass is 345 g/mol. The predicted octanol–water partition coefficient (Wildman–Crippen LogP) is 3.55. The molecule has 0 aliphatic carbocycles. The van der Waals surface area contributed by atoms with E-state index in [0.29, 0.717) is 0 Å². The van der Waals surface area contributed by atoms with Gasteiger partial charge in [-0.2, -0.15) is 0 Å². The maximum absolute atomic E-state index is 12.2. The molecule has 0 spiro atoms. The summed E-state index contributed by atoms with van der Waals surface area (Å²) in [5.74, 6) is 0. The van der Waals surface area contributed by atoms with E-state index < -0.39 is 10.0 Å². The maximum atomic E-state index is 12.2. The van der Waals surface area contributed by atoms with Crippen LogP contribution in [0.2, 0.25) is 0 Å². The first kappa shape index (κ1) is 13.7. The summed E-state index contributed by atoms with van der Waals surface area (Å²) in [7, 11) is -3.48. The highest BCUT2D eigenvalue weighted by molar-refractivity contribution is 9.10. The number of hydrogen-bond donors (Lipinski definition) is 1. The highest BCUT2D eigenvalue weighted by atomic mass is 79.9. The Morgan fingerprint density at radius 2 is 2.06 bits per heavy atom. The van der Waals surface area contributed by atoms with Crippen molar-refractivity contribution in [3.8, 4) is 0 Å². The number of nitrogens with one attached hydrogen (secondary N) is 1. The lowest BCUT2D eigenvalue weighted by molar-refractivity contribution is 0.568. The van der Waals surface area contributed by atoms with E-state index in [4.69, 9.17) is 0 Å². The highest BCUT2D eigenvalue weighted by Crippen LogP contribution is 2.22. The van der Waals surface area contributed by atoms with Gasteiger partial charge in [-0.25, -0.2) is 13.1 Å². The summed E-state index contributed by atoms with van der Waals surface area (Å²) in [4.78, 5) is 1.26. The van der Waals surface area contributed by atoms with Crippen molar-refractivity contribution in [1.82, 2.24) is 4.72 Å². The topological polar surface area (TPSA) is 46.2 Å². The van der Waals surface area contributed by atoms with E-state index in [0.717, 1.165) is 9.35 Å². The summed E-state index contributed by atoms with van der Waals surface area (Å²) in [5.41, 5.74) is 0. The first-order valence-electron chi connectivity index (χ1n) is 5.30. The SMILES string of the molecule is CC(NS(=O)(=O)c1cccc(Br)c1)c1cccs1. The van der Waals surface area contributed by atoms with Gasteiger partial charge < -0.3 is 0 Å². The molecule has 0 bridgehead atoms. The van der Waals surface area contributed by atoms with Gasteiger partial charge in [0.1, 0.15) is 0 Å². The second kappa shape index (κ2) is 5.52. The van der Waals surface area contributed by atoms with Crippen LogP contribution >= 0.6 is 27.3 Å². The van der Waals surface area contributed by atoms with E-state index in [1.54, 1.807) is 24.3 Å². The fourth-order valence-corrected chi connectivity index (χ4v) is 4.16. The Morgan fingerprint density at radius 1 is 1.28 bits per heavy atom. The molecule has 1 aromatic carbocycles. The van der Waals surface area contributed by atoms with Crippen molar-refractivity contribution in [2.45, 2.75) is 17.9 Å². The van der Waals surface area contributed by atoms with Crippen molar-refractivity contribution in [1.29, 1.82) is 0 Å². The molecule has 0 fully saturated rings. The summed E-state index contributed by atoms with van der Waals surface area (Å²) < 4.78 is 27.7. The van der Waals surface area contributed by atoms with Crippen molar-refractivity contribution >= 4 is 37.3 Å². The first-order chi connectivity index (χ1) is 8.49. The molecule has 1 atom stereocenters. The lowest BCUT2D eigenvalue weighted by Gasteiger charge is -2.12. The van der Waals surface area contributed by atoms with Crippen LogP contribution in [-0.2, 0) is 10.0 Å². The lowest BCUT2D eigenvalue weighted by Crippen LogP contribution is -2.26. The number of rotatable bonds is 4. The van der Waals surface area contributed by atoms with Gasteiger partial charge in [0, 0.05) is 9.35 Å². The summed E-state index contributed by atoms with van der Waals surface area (Å²) in [6.45, 7) is 1.83. The van der Waals surface area contributed by atoms with E-state index in [9.17, 15) is 8.42 Å². The smallest absolute Gasteiger partial charge is 0.207 e. The Bertz CT molecular complexity index is 623. The Kier molecular flexibility index (Phi) is 4.21. The van der Waals surface area contributed by atoms with E-state index in [-0.39, 0.29) is 10.9 Å². The summed E-state index contributed by atoms with van der Waals surface area (Å²) in [6.07, 6.45) is 0. The van der Waals surface area contributed by atoms with Gasteiger partial charge in [0.25, 0.3) is 0 Å². The van der Waals surface area contributed by atoms with Crippen LogP contribution in [0.3, 0.4) is 0 Å². The van der Waals surface area contributed by atoms with Gasteiger partial charge >= 0.3 is 0 Å². The lowest BCUT2D eigenvalue weighted by atomic mass is 10.3. The van der Waals surface area contributed by atoms with Gasteiger partial charge in [-0.05, 0) is 36.6 Å². The van der Waals surface area contributed by atoms with Crippen molar-refractivity contribution in [2.75, 3.05) is 0 Å². The average Bonchev–Trinajstić information content (AvgIpc) is 2.82. The van der Waals surface area contributed by atoms with Gasteiger partial charge in [0.05, 0.1) is 10.9 Å². The van der Waals surface area contributed by atoms with E-state index in [1.165, 1.54) is 11.3 Å². The Balaban J connectivity index is 2.22. The summed E-state index contributed by atoms with van der Waals surface area (Å²) in [5, 5.41) is 1.93. The minimum Gasteiger partial charge on any atom is -0.207 e.